The van der Waals surface area contributed by atoms with E-state index in [2.05, 4.69) is 11.4 Å². The molecule has 0 aliphatic heterocycles. The SMILES string of the molecule is CCCN(CC(F)(F)F)CC(C)(C#N)NC(C)C. The van der Waals surface area contributed by atoms with Crippen LogP contribution >= 0.6 is 0 Å². The van der Waals surface area contributed by atoms with Gasteiger partial charge in [-0.15, -0.1) is 0 Å². The zero-order chi connectivity index (χ0) is 14.4. The van der Waals surface area contributed by atoms with Crippen LogP contribution in [0.25, 0.3) is 0 Å². The quantitative estimate of drug-likeness (QED) is 0.769. The molecule has 1 unspecified atom stereocenters. The van der Waals surface area contributed by atoms with E-state index in [4.69, 9.17) is 5.26 Å². The summed E-state index contributed by atoms with van der Waals surface area (Å²) in [4.78, 5) is 1.28. The Morgan fingerprint density at radius 1 is 1.28 bits per heavy atom. The second kappa shape index (κ2) is 6.95. The molecule has 0 amide bonds. The monoisotopic (exact) mass is 265 g/mol. The zero-order valence-corrected chi connectivity index (χ0v) is 11.4. The van der Waals surface area contributed by atoms with Crippen LogP contribution in [0.1, 0.15) is 34.1 Å². The predicted octanol–water partition coefficient (Wildman–Crippen LogP) is 2.54. The van der Waals surface area contributed by atoms with Crippen molar-refractivity contribution < 1.29 is 13.2 Å². The first kappa shape index (κ1) is 17.2. The van der Waals surface area contributed by atoms with E-state index >= 15 is 0 Å². The van der Waals surface area contributed by atoms with Crippen molar-refractivity contribution in [2.45, 2.75) is 51.9 Å². The van der Waals surface area contributed by atoms with Gasteiger partial charge in [-0.1, -0.05) is 6.92 Å². The Labute approximate surface area is 107 Å². The van der Waals surface area contributed by atoms with E-state index in [1.807, 2.05) is 20.8 Å². The molecule has 106 valence electrons. The Kier molecular flexibility index (Phi) is 6.64. The molecule has 0 heterocycles. The van der Waals surface area contributed by atoms with Crippen LogP contribution in [0, 0.1) is 11.3 Å². The van der Waals surface area contributed by atoms with E-state index in [1.165, 1.54) is 4.90 Å². The lowest BCUT2D eigenvalue weighted by Gasteiger charge is -2.33. The maximum absolute atomic E-state index is 12.4. The highest BCUT2D eigenvalue weighted by molar-refractivity contribution is 5.06. The third-order valence-corrected chi connectivity index (χ3v) is 2.34. The van der Waals surface area contributed by atoms with Gasteiger partial charge >= 0.3 is 6.18 Å². The summed E-state index contributed by atoms with van der Waals surface area (Å²) in [6.07, 6.45) is -3.61. The van der Waals surface area contributed by atoms with E-state index in [-0.39, 0.29) is 12.6 Å². The summed E-state index contributed by atoms with van der Waals surface area (Å²) in [6, 6.07) is 2.11. The summed E-state index contributed by atoms with van der Waals surface area (Å²) in [7, 11) is 0. The Bertz CT molecular complexity index is 283. The van der Waals surface area contributed by atoms with E-state index in [0.29, 0.717) is 13.0 Å². The number of hydrogen-bond acceptors (Lipinski definition) is 3. The molecular formula is C12H22F3N3. The van der Waals surface area contributed by atoms with Gasteiger partial charge in [-0.05, 0) is 33.7 Å². The van der Waals surface area contributed by atoms with Crippen LogP contribution < -0.4 is 5.32 Å². The van der Waals surface area contributed by atoms with Crippen molar-refractivity contribution in [1.82, 2.24) is 10.2 Å². The standard InChI is InChI=1S/C12H22F3N3/c1-5-6-18(9-12(13,14)15)8-11(4,7-16)17-10(2)3/h10,17H,5-6,8-9H2,1-4H3. The summed E-state index contributed by atoms with van der Waals surface area (Å²) in [6.45, 7) is 6.60. The molecule has 0 saturated heterocycles. The first-order chi connectivity index (χ1) is 8.12. The molecule has 0 aliphatic carbocycles. The lowest BCUT2D eigenvalue weighted by Crippen LogP contribution is -2.54. The number of hydrogen-bond donors (Lipinski definition) is 1. The number of halogens is 3. The molecule has 0 aliphatic rings. The molecule has 0 radical (unpaired) electrons. The molecule has 0 bridgehead atoms. The zero-order valence-electron chi connectivity index (χ0n) is 11.4. The molecule has 0 rings (SSSR count). The smallest absolute Gasteiger partial charge is 0.296 e. The van der Waals surface area contributed by atoms with E-state index in [1.54, 1.807) is 6.92 Å². The highest BCUT2D eigenvalue weighted by Gasteiger charge is 2.34. The van der Waals surface area contributed by atoms with E-state index in [0.717, 1.165) is 0 Å². The fourth-order valence-electron chi connectivity index (χ4n) is 1.98. The molecule has 1 N–H and O–H groups in total. The Morgan fingerprint density at radius 3 is 2.17 bits per heavy atom. The Hall–Kier alpha value is -0.800. The lowest BCUT2D eigenvalue weighted by atomic mass is 10.0. The van der Waals surface area contributed by atoms with Gasteiger partial charge < -0.3 is 0 Å². The first-order valence-corrected chi connectivity index (χ1v) is 6.10. The summed E-state index contributed by atoms with van der Waals surface area (Å²) in [5.41, 5.74) is -0.964. The summed E-state index contributed by atoms with van der Waals surface area (Å²) in [5, 5.41) is 12.1. The number of alkyl halides is 3. The first-order valence-electron chi connectivity index (χ1n) is 6.10. The second-order valence-electron chi connectivity index (χ2n) is 5.07. The van der Waals surface area contributed by atoms with Crippen molar-refractivity contribution in [2.24, 2.45) is 0 Å². The predicted molar refractivity (Wildman–Crippen MR) is 65.1 cm³/mol. The fraction of sp³-hybridized carbons (Fsp3) is 0.917. The molecular weight excluding hydrogens is 243 g/mol. The molecule has 3 nitrogen and oxygen atoms in total. The minimum absolute atomic E-state index is 0.0454. The molecule has 0 spiro atoms. The van der Waals surface area contributed by atoms with Crippen LogP contribution in [0.2, 0.25) is 0 Å². The van der Waals surface area contributed by atoms with Crippen molar-refractivity contribution in [3.05, 3.63) is 0 Å². The van der Waals surface area contributed by atoms with Crippen molar-refractivity contribution in [2.75, 3.05) is 19.6 Å². The fourth-order valence-corrected chi connectivity index (χ4v) is 1.98. The van der Waals surface area contributed by atoms with E-state index in [9.17, 15) is 13.2 Å². The molecule has 18 heavy (non-hydrogen) atoms. The van der Waals surface area contributed by atoms with Crippen molar-refractivity contribution in [3.63, 3.8) is 0 Å². The van der Waals surface area contributed by atoms with Gasteiger partial charge in [-0.2, -0.15) is 18.4 Å². The van der Waals surface area contributed by atoms with Crippen LogP contribution in [-0.4, -0.2) is 42.3 Å². The van der Waals surface area contributed by atoms with Crippen molar-refractivity contribution in [1.29, 1.82) is 5.26 Å². The van der Waals surface area contributed by atoms with Gasteiger partial charge in [-0.3, -0.25) is 10.2 Å². The molecule has 1 atom stereocenters. The van der Waals surface area contributed by atoms with Gasteiger partial charge in [0, 0.05) is 12.6 Å². The van der Waals surface area contributed by atoms with Crippen LogP contribution in [0.15, 0.2) is 0 Å². The second-order valence-corrected chi connectivity index (χ2v) is 5.07. The largest absolute Gasteiger partial charge is 0.401 e. The summed E-state index contributed by atoms with van der Waals surface area (Å²) in [5.74, 6) is 0. The Morgan fingerprint density at radius 2 is 1.83 bits per heavy atom. The third-order valence-electron chi connectivity index (χ3n) is 2.34. The minimum Gasteiger partial charge on any atom is -0.296 e. The average molecular weight is 265 g/mol. The van der Waals surface area contributed by atoms with Gasteiger partial charge in [0.05, 0.1) is 12.6 Å². The number of nitrogens with zero attached hydrogens (tertiary/aromatic N) is 2. The normalized spacial score (nSPS) is 15.8. The van der Waals surface area contributed by atoms with Crippen LogP contribution in [0.5, 0.6) is 0 Å². The molecule has 0 saturated carbocycles. The average Bonchev–Trinajstić information content (AvgIpc) is 2.13. The molecule has 0 aromatic heterocycles. The van der Waals surface area contributed by atoms with Crippen LogP contribution in [0.4, 0.5) is 13.2 Å². The highest BCUT2D eigenvalue weighted by atomic mass is 19.4. The van der Waals surface area contributed by atoms with E-state index < -0.39 is 18.3 Å². The van der Waals surface area contributed by atoms with Gasteiger partial charge in [0.15, 0.2) is 0 Å². The van der Waals surface area contributed by atoms with Gasteiger partial charge in [0.25, 0.3) is 0 Å². The topological polar surface area (TPSA) is 39.1 Å². The molecule has 0 fully saturated rings. The third kappa shape index (κ3) is 7.51. The summed E-state index contributed by atoms with van der Waals surface area (Å²) >= 11 is 0. The van der Waals surface area contributed by atoms with Gasteiger partial charge in [-0.25, -0.2) is 0 Å². The van der Waals surface area contributed by atoms with Crippen molar-refractivity contribution >= 4 is 0 Å². The molecule has 0 aromatic rings. The van der Waals surface area contributed by atoms with Crippen LogP contribution in [-0.2, 0) is 0 Å². The molecule has 6 heteroatoms. The van der Waals surface area contributed by atoms with Crippen molar-refractivity contribution in [3.8, 4) is 6.07 Å². The number of rotatable bonds is 7. The van der Waals surface area contributed by atoms with Crippen LogP contribution in [0.3, 0.4) is 0 Å². The summed E-state index contributed by atoms with van der Waals surface area (Å²) < 4.78 is 37.3. The maximum Gasteiger partial charge on any atom is 0.401 e. The maximum atomic E-state index is 12.4. The van der Waals surface area contributed by atoms with Gasteiger partial charge in [0.2, 0.25) is 0 Å². The highest BCUT2D eigenvalue weighted by Crippen LogP contribution is 2.18. The number of nitrogens with one attached hydrogen (secondary N) is 1. The minimum atomic E-state index is -4.23. The number of nitriles is 1. The van der Waals surface area contributed by atoms with Gasteiger partial charge in [0.1, 0.15) is 5.54 Å². The molecule has 0 aromatic carbocycles. The lowest BCUT2D eigenvalue weighted by molar-refractivity contribution is -0.147. The Balaban J connectivity index is 4.68.